The summed E-state index contributed by atoms with van der Waals surface area (Å²) in [6.45, 7) is 3.57. The van der Waals surface area contributed by atoms with E-state index in [9.17, 15) is 9.59 Å². The van der Waals surface area contributed by atoms with Gasteiger partial charge in [0, 0.05) is 7.05 Å². The van der Waals surface area contributed by atoms with Crippen LogP contribution in [0.15, 0.2) is 24.3 Å². The standard InChI is InChI=1S/C13H16N4O2/c1-8(12(18)16-13(19)14-3)17-9(2)15-10-6-4-5-7-11(10)17/h4-8H,1-3H3,(H2,14,16,18,19). The number of hydrogen-bond donors (Lipinski definition) is 2. The molecule has 6 nitrogen and oxygen atoms in total. The first-order chi connectivity index (χ1) is 9.04. The predicted octanol–water partition coefficient (Wildman–Crippen LogP) is 1.36. The first kappa shape index (κ1) is 13.1. The number of rotatable bonds is 2. The number of nitrogens with zero attached hydrogens (tertiary/aromatic N) is 2. The van der Waals surface area contributed by atoms with E-state index in [0.29, 0.717) is 0 Å². The number of urea groups is 1. The van der Waals surface area contributed by atoms with Gasteiger partial charge < -0.3 is 9.88 Å². The summed E-state index contributed by atoms with van der Waals surface area (Å²) in [6, 6.07) is 6.56. The summed E-state index contributed by atoms with van der Waals surface area (Å²) in [5, 5.41) is 4.62. The number of benzene rings is 1. The number of carbonyl (C=O) groups is 2. The molecular weight excluding hydrogens is 244 g/mol. The van der Waals surface area contributed by atoms with E-state index in [0.717, 1.165) is 16.9 Å². The lowest BCUT2D eigenvalue weighted by atomic mass is 10.2. The number of imidazole rings is 1. The van der Waals surface area contributed by atoms with E-state index < -0.39 is 12.1 Å². The van der Waals surface area contributed by atoms with Crippen LogP contribution in [0.4, 0.5) is 4.79 Å². The summed E-state index contributed by atoms with van der Waals surface area (Å²) in [6.07, 6.45) is 0. The molecule has 2 aromatic rings. The molecule has 0 saturated heterocycles. The summed E-state index contributed by atoms with van der Waals surface area (Å²) in [7, 11) is 1.46. The van der Waals surface area contributed by atoms with E-state index in [4.69, 9.17) is 0 Å². The Labute approximate surface area is 110 Å². The van der Waals surface area contributed by atoms with Crippen molar-refractivity contribution in [1.82, 2.24) is 20.2 Å². The second-order valence-electron chi connectivity index (χ2n) is 4.26. The molecule has 3 amide bonds. The highest BCUT2D eigenvalue weighted by molar-refractivity contribution is 5.96. The zero-order valence-electron chi connectivity index (χ0n) is 11.1. The summed E-state index contributed by atoms with van der Waals surface area (Å²) >= 11 is 0. The van der Waals surface area contributed by atoms with Crippen LogP contribution >= 0.6 is 0 Å². The molecule has 0 aliphatic heterocycles. The van der Waals surface area contributed by atoms with Gasteiger partial charge in [0.25, 0.3) is 5.91 Å². The Hall–Kier alpha value is -2.37. The normalized spacial score (nSPS) is 12.2. The minimum atomic E-state index is -0.515. The van der Waals surface area contributed by atoms with Gasteiger partial charge in [-0.3, -0.25) is 10.1 Å². The number of aryl methyl sites for hydroxylation is 1. The van der Waals surface area contributed by atoms with Crippen LogP contribution in [0.5, 0.6) is 0 Å². The molecule has 100 valence electrons. The van der Waals surface area contributed by atoms with Gasteiger partial charge in [-0.2, -0.15) is 0 Å². The maximum absolute atomic E-state index is 12.0. The van der Waals surface area contributed by atoms with Crippen molar-refractivity contribution in [2.45, 2.75) is 19.9 Å². The van der Waals surface area contributed by atoms with Crippen LogP contribution in [0.25, 0.3) is 11.0 Å². The van der Waals surface area contributed by atoms with Crippen LogP contribution in [0.3, 0.4) is 0 Å². The second kappa shape index (κ2) is 5.09. The lowest BCUT2D eigenvalue weighted by molar-refractivity contribution is -0.122. The van der Waals surface area contributed by atoms with Gasteiger partial charge >= 0.3 is 6.03 Å². The molecule has 1 unspecified atom stereocenters. The van der Waals surface area contributed by atoms with Gasteiger partial charge in [0.2, 0.25) is 0 Å². The van der Waals surface area contributed by atoms with Crippen molar-refractivity contribution in [3.8, 4) is 0 Å². The average molecular weight is 260 g/mol. The summed E-state index contributed by atoms with van der Waals surface area (Å²) in [4.78, 5) is 27.6. The maximum atomic E-state index is 12.0. The molecule has 0 spiro atoms. The van der Waals surface area contributed by atoms with Gasteiger partial charge in [-0.15, -0.1) is 0 Å². The smallest absolute Gasteiger partial charge is 0.321 e. The zero-order valence-corrected chi connectivity index (χ0v) is 11.1. The lowest BCUT2D eigenvalue weighted by Gasteiger charge is -2.15. The van der Waals surface area contributed by atoms with Gasteiger partial charge in [0.05, 0.1) is 11.0 Å². The molecule has 6 heteroatoms. The van der Waals surface area contributed by atoms with Crippen molar-refractivity contribution >= 4 is 23.0 Å². The molecule has 1 heterocycles. The fourth-order valence-corrected chi connectivity index (χ4v) is 2.05. The lowest BCUT2D eigenvalue weighted by Crippen LogP contribution is -2.41. The number of hydrogen-bond acceptors (Lipinski definition) is 3. The molecule has 0 aliphatic carbocycles. The molecule has 0 saturated carbocycles. The third kappa shape index (κ3) is 2.42. The van der Waals surface area contributed by atoms with E-state index in [1.165, 1.54) is 7.05 Å². The van der Waals surface area contributed by atoms with Crippen molar-refractivity contribution in [2.24, 2.45) is 0 Å². The van der Waals surface area contributed by atoms with Crippen LogP contribution in [-0.2, 0) is 4.79 Å². The molecule has 2 rings (SSSR count). The zero-order chi connectivity index (χ0) is 14.0. The highest BCUT2D eigenvalue weighted by Gasteiger charge is 2.20. The molecule has 19 heavy (non-hydrogen) atoms. The van der Waals surface area contributed by atoms with Crippen LogP contribution in [0.2, 0.25) is 0 Å². The SMILES string of the molecule is CNC(=O)NC(=O)C(C)n1c(C)nc2ccccc21. The predicted molar refractivity (Wildman–Crippen MR) is 71.8 cm³/mol. The number of para-hydroxylation sites is 2. The van der Waals surface area contributed by atoms with Gasteiger partial charge in [-0.1, -0.05) is 12.1 Å². The third-order valence-electron chi connectivity index (χ3n) is 3.00. The highest BCUT2D eigenvalue weighted by atomic mass is 16.2. The summed E-state index contributed by atoms with van der Waals surface area (Å²) in [5.74, 6) is 0.367. The Balaban J connectivity index is 2.36. The Morgan fingerprint density at radius 3 is 2.68 bits per heavy atom. The molecule has 1 atom stereocenters. The molecule has 1 aromatic heterocycles. The molecule has 0 bridgehead atoms. The van der Waals surface area contributed by atoms with Crippen molar-refractivity contribution in [3.63, 3.8) is 0 Å². The van der Waals surface area contributed by atoms with Gasteiger partial charge in [-0.25, -0.2) is 9.78 Å². The van der Waals surface area contributed by atoms with E-state index in [1.54, 1.807) is 6.92 Å². The van der Waals surface area contributed by atoms with Crippen LogP contribution < -0.4 is 10.6 Å². The number of nitrogens with one attached hydrogen (secondary N) is 2. The second-order valence-corrected chi connectivity index (χ2v) is 4.26. The molecular formula is C13H16N4O2. The number of amides is 3. The number of fused-ring (bicyclic) bond motifs is 1. The molecule has 1 aromatic carbocycles. The molecule has 2 N–H and O–H groups in total. The van der Waals surface area contributed by atoms with Crippen molar-refractivity contribution < 1.29 is 9.59 Å². The Bertz CT molecular complexity index is 633. The van der Waals surface area contributed by atoms with Gasteiger partial charge in [-0.05, 0) is 26.0 Å². The third-order valence-corrected chi connectivity index (χ3v) is 3.00. The summed E-state index contributed by atoms with van der Waals surface area (Å²) in [5.41, 5.74) is 1.71. The minimum Gasteiger partial charge on any atom is -0.341 e. The highest BCUT2D eigenvalue weighted by Crippen LogP contribution is 2.20. The molecule has 0 aliphatic rings. The van der Waals surface area contributed by atoms with Crippen molar-refractivity contribution in [2.75, 3.05) is 7.05 Å². The number of imide groups is 1. The van der Waals surface area contributed by atoms with E-state index in [2.05, 4.69) is 15.6 Å². The van der Waals surface area contributed by atoms with E-state index >= 15 is 0 Å². The first-order valence-electron chi connectivity index (χ1n) is 6.00. The number of aromatic nitrogens is 2. The van der Waals surface area contributed by atoms with Crippen LogP contribution in [-0.4, -0.2) is 28.5 Å². The first-order valence-corrected chi connectivity index (χ1v) is 6.00. The van der Waals surface area contributed by atoms with Crippen LogP contribution in [0, 0.1) is 6.92 Å². The fourth-order valence-electron chi connectivity index (χ4n) is 2.05. The topological polar surface area (TPSA) is 76.0 Å². The Kier molecular flexibility index (Phi) is 3.50. The van der Waals surface area contributed by atoms with Crippen molar-refractivity contribution in [1.29, 1.82) is 0 Å². The number of carbonyl (C=O) groups excluding carboxylic acids is 2. The van der Waals surface area contributed by atoms with Crippen LogP contribution in [0.1, 0.15) is 18.8 Å². The summed E-state index contributed by atoms with van der Waals surface area (Å²) < 4.78 is 1.81. The molecule has 0 radical (unpaired) electrons. The van der Waals surface area contributed by atoms with Gasteiger partial charge in [0.1, 0.15) is 11.9 Å². The van der Waals surface area contributed by atoms with Gasteiger partial charge in [0.15, 0.2) is 0 Å². The van der Waals surface area contributed by atoms with E-state index in [1.807, 2.05) is 35.8 Å². The monoisotopic (exact) mass is 260 g/mol. The molecule has 0 fully saturated rings. The maximum Gasteiger partial charge on any atom is 0.321 e. The average Bonchev–Trinajstić information content (AvgIpc) is 2.73. The Morgan fingerprint density at radius 1 is 1.32 bits per heavy atom. The largest absolute Gasteiger partial charge is 0.341 e. The van der Waals surface area contributed by atoms with E-state index in [-0.39, 0.29) is 5.91 Å². The fraction of sp³-hybridized carbons (Fsp3) is 0.308. The minimum absolute atomic E-state index is 0.370. The quantitative estimate of drug-likeness (QED) is 0.856. The Morgan fingerprint density at radius 2 is 2.00 bits per heavy atom. The van der Waals surface area contributed by atoms with Crippen molar-refractivity contribution in [3.05, 3.63) is 30.1 Å².